The number of nitrogens with zero attached hydrogens (tertiary/aromatic N) is 2. The summed E-state index contributed by atoms with van der Waals surface area (Å²) in [6.45, 7) is 9.02. The molecular formula is C25H35N3O4S. The average Bonchev–Trinajstić information content (AvgIpc) is 2.76. The molecule has 0 spiro atoms. The first-order valence-corrected chi connectivity index (χ1v) is 13.0. The standard InChI is InChI=1S/C25H35N3O4S/c1-7-20(4)26-25(30)21(5)27(16-22-11-9-8-10-12-22)24(29)17-28(33(6,31)32)23-15-18(2)13-14-19(23)3/h8-15,20-21H,7,16-17H2,1-6H3,(H,26,30). The summed E-state index contributed by atoms with van der Waals surface area (Å²) in [4.78, 5) is 27.8. The van der Waals surface area contributed by atoms with Crippen LogP contribution in [0.4, 0.5) is 5.69 Å². The monoisotopic (exact) mass is 473 g/mol. The van der Waals surface area contributed by atoms with Crippen LogP contribution in [0.15, 0.2) is 48.5 Å². The molecule has 2 atom stereocenters. The molecule has 1 N–H and O–H groups in total. The lowest BCUT2D eigenvalue weighted by atomic mass is 10.1. The van der Waals surface area contributed by atoms with Gasteiger partial charge in [-0.1, -0.05) is 49.4 Å². The second-order valence-corrected chi connectivity index (χ2v) is 10.5. The maximum absolute atomic E-state index is 13.5. The van der Waals surface area contributed by atoms with Crippen molar-refractivity contribution in [3.63, 3.8) is 0 Å². The van der Waals surface area contributed by atoms with Crippen LogP contribution in [-0.4, -0.2) is 50.0 Å². The fourth-order valence-electron chi connectivity index (χ4n) is 3.41. The van der Waals surface area contributed by atoms with Gasteiger partial charge in [-0.05, 0) is 56.9 Å². The number of rotatable bonds is 10. The van der Waals surface area contributed by atoms with E-state index in [9.17, 15) is 18.0 Å². The lowest BCUT2D eigenvalue weighted by Gasteiger charge is -2.32. The number of carbonyl (C=O) groups is 2. The number of sulfonamides is 1. The Kier molecular flexibility index (Phi) is 9.05. The first-order chi connectivity index (χ1) is 15.4. The Bertz CT molecular complexity index is 1070. The highest BCUT2D eigenvalue weighted by molar-refractivity contribution is 7.92. The molecule has 0 saturated heterocycles. The maximum Gasteiger partial charge on any atom is 0.244 e. The zero-order valence-corrected chi connectivity index (χ0v) is 21.1. The van der Waals surface area contributed by atoms with Gasteiger partial charge in [0.2, 0.25) is 21.8 Å². The van der Waals surface area contributed by atoms with Crippen LogP contribution in [0.5, 0.6) is 0 Å². The van der Waals surface area contributed by atoms with E-state index in [4.69, 9.17) is 0 Å². The van der Waals surface area contributed by atoms with Gasteiger partial charge >= 0.3 is 0 Å². The molecule has 0 aliphatic carbocycles. The van der Waals surface area contributed by atoms with E-state index in [-0.39, 0.29) is 18.5 Å². The van der Waals surface area contributed by atoms with E-state index in [2.05, 4.69) is 5.32 Å². The SMILES string of the molecule is CCC(C)NC(=O)C(C)N(Cc1ccccc1)C(=O)CN(c1cc(C)ccc1C)S(C)(=O)=O. The molecule has 2 rings (SSSR count). The third-order valence-electron chi connectivity index (χ3n) is 5.68. The minimum absolute atomic E-state index is 0.0314. The van der Waals surface area contributed by atoms with Gasteiger partial charge in [0.25, 0.3) is 0 Å². The van der Waals surface area contributed by atoms with Crippen molar-refractivity contribution in [2.24, 2.45) is 0 Å². The van der Waals surface area contributed by atoms with Gasteiger partial charge in [-0.2, -0.15) is 0 Å². The Morgan fingerprint density at radius 3 is 2.24 bits per heavy atom. The van der Waals surface area contributed by atoms with Crippen LogP contribution in [0.25, 0.3) is 0 Å². The Morgan fingerprint density at radius 2 is 1.67 bits per heavy atom. The number of hydrogen-bond acceptors (Lipinski definition) is 4. The third kappa shape index (κ3) is 7.32. The fraction of sp³-hybridized carbons (Fsp3) is 0.440. The van der Waals surface area contributed by atoms with Crippen molar-refractivity contribution in [3.8, 4) is 0 Å². The van der Waals surface area contributed by atoms with E-state index < -0.39 is 28.5 Å². The lowest BCUT2D eigenvalue weighted by molar-refractivity contribution is -0.139. The molecule has 0 saturated carbocycles. The summed E-state index contributed by atoms with van der Waals surface area (Å²) in [6, 6.07) is 14.0. The maximum atomic E-state index is 13.5. The Balaban J connectivity index is 2.40. The molecule has 0 radical (unpaired) electrons. The first-order valence-electron chi connectivity index (χ1n) is 11.1. The van der Waals surface area contributed by atoms with Gasteiger partial charge in [0, 0.05) is 12.6 Å². The van der Waals surface area contributed by atoms with Crippen LogP contribution < -0.4 is 9.62 Å². The molecule has 180 valence electrons. The number of aryl methyl sites for hydroxylation is 2. The van der Waals surface area contributed by atoms with Crippen molar-refractivity contribution in [3.05, 3.63) is 65.2 Å². The summed E-state index contributed by atoms with van der Waals surface area (Å²) in [5.41, 5.74) is 2.95. The molecule has 0 fully saturated rings. The van der Waals surface area contributed by atoms with Gasteiger partial charge < -0.3 is 10.2 Å². The highest BCUT2D eigenvalue weighted by Crippen LogP contribution is 2.24. The highest BCUT2D eigenvalue weighted by Gasteiger charge is 2.30. The molecule has 0 aliphatic heterocycles. The number of carbonyl (C=O) groups excluding carboxylic acids is 2. The van der Waals surface area contributed by atoms with Crippen molar-refractivity contribution in [1.82, 2.24) is 10.2 Å². The van der Waals surface area contributed by atoms with Crippen LogP contribution in [-0.2, 0) is 26.2 Å². The quantitative estimate of drug-likeness (QED) is 0.573. The predicted octanol–water partition coefficient (Wildman–Crippen LogP) is 3.40. The molecule has 2 aromatic rings. The summed E-state index contributed by atoms with van der Waals surface area (Å²) < 4.78 is 26.5. The number of amides is 2. The topological polar surface area (TPSA) is 86.8 Å². The molecule has 0 aliphatic rings. The number of benzene rings is 2. The van der Waals surface area contributed by atoms with E-state index >= 15 is 0 Å². The van der Waals surface area contributed by atoms with Crippen LogP contribution in [0.3, 0.4) is 0 Å². The second-order valence-electron chi connectivity index (χ2n) is 8.56. The first kappa shape index (κ1) is 26.4. The number of anilines is 1. The summed E-state index contributed by atoms with van der Waals surface area (Å²) in [5.74, 6) is -0.719. The van der Waals surface area contributed by atoms with Gasteiger partial charge in [0.1, 0.15) is 12.6 Å². The van der Waals surface area contributed by atoms with Crippen LogP contribution in [0, 0.1) is 13.8 Å². The zero-order chi connectivity index (χ0) is 24.8. The Labute approximate surface area is 197 Å². The number of hydrogen-bond donors (Lipinski definition) is 1. The minimum atomic E-state index is -3.74. The van der Waals surface area contributed by atoms with Gasteiger partial charge in [-0.25, -0.2) is 8.42 Å². The molecule has 2 aromatic carbocycles. The van der Waals surface area contributed by atoms with Crippen molar-refractivity contribution in [2.45, 2.75) is 59.7 Å². The molecule has 0 heterocycles. The summed E-state index contributed by atoms with van der Waals surface area (Å²) in [7, 11) is -3.74. The van der Waals surface area contributed by atoms with Gasteiger partial charge in [0.15, 0.2) is 0 Å². The minimum Gasteiger partial charge on any atom is -0.352 e. The fourth-order valence-corrected chi connectivity index (χ4v) is 4.31. The van der Waals surface area contributed by atoms with Crippen LogP contribution in [0.1, 0.15) is 43.9 Å². The van der Waals surface area contributed by atoms with Gasteiger partial charge in [-0.3, -0.25) is 13.9 Å². The highest BCUT2D eigenvalue weighted by atomic mass is 32.2. The van der Waals surface area contributed by atoms with Crippen molar-refractivity contribution >= 4 is 27.5 Å². The lowest BCUT2D eigenvalue weighted by Crippen LogP contribution is -2.52. The molecule has 2 amide bonds. The molecule has 0 aromatic heterocycles. The smallest absolute Gasteiger partial charge is 0.244 e. The van der Waals surface area contributed by atoms with E-state index in [1.807, 2.05) is 63.2 Å². The largest absolute Gasteiger partial charge is 0.352 e. The summed E-state index contributed by atoms with van der Waals surface area (Å²) in [6.07, 6.45) is 1.85. The molecular weight excluding hydrogens is 438 g/mol. The van der Waals surface area contributed by atoms with E-state index in [0.29, 0.717) is 5.69 Å². The van der Waals surface area contributed by atoms with Gasteiger partial charge in [0.05, 0.1) is 11.9 Å². The molecule has 7 nitrogen and oxygen atoms in total. The van der Waals surface area contributed by atoms with Crippen LogP contribution >= 0.6 is 0 Å². The zero-order valence-electron chi connectivity index (χ0n) is 20.3. The normalized spacial score (nSPS) is 13.2. The average molecular weight is 474 g/mol. The second kappa shape index (κ2) is 11.3. The third-order valence-corrected chi connectivity index (χ3v) is 6.80. The summed E-state index contributed by atoms with van der Waals surface area (Å²) in [5, 5.41) is 2.92. The van der Waals surface area contributed by atoms with Crippen molar-refractivity contribution in [2.75, 3.05) is 17.1 Å². The molecule has 2 unspecified atom stereocenters. The summed E-state index contributed by atoms with van der Waals surface area (Å²) >= 11 is 0. The number of nitrogens with one attached hydrogen (secondary N) is 1. The Morgan fingerprint density at radius 1 is 1.03 bits per heavy atom. The Hall–Kier alpha value is -2.87. The molecule has 8 heteroatoms. The van der Waals surface area contributed by atoms with E-state index in [0.717, 1.165) is 33.7 Å². The van der Waals surface area contributed by atoms with Gasteiger partial charge in [-0.15, -0.1) is 0 Å². The van der Waals surface area contributed by atoms with E-state index in [1.54, 1.807) is 19.9 Å². The van der Waals surface area contributed by atoms with Crippen molar-refractivity contribution < 1.29 is 18.0 Å². The van der Waals surface area contributed by atoms with Crippen molar-refractivity contribution in [1.29, 1.82) is 0 Å². The molecule has 0 bridgehead atoms. The molecule has 33 heavy (non-hydrogen) atoms. The van der Waals surface area contributed by atoms with Crippen LogP contribution in [0.2, 0.25) is 0 Å². The predicted molar refractivity (Wildman–Crippen MR) is 132 cm³/mol. The van der Waals surface area contributed by atoms with E-state index in [1.165, 1.54) is 4.90 Å².